The number of nitrogens with zero attached hydrogens (tertiary/aromatic N) is 3. The van der Waals surface area contributed by atoms with Crippen molar-refractivity contribution in [2.75, 3.05) is 39.8 Å². The predicted molar refractivity (Wildman–Crippen MR) is 108 cm³/mol. The first-order chi connectivity index (χ1) is 12.1. The van der Waals surface area contributed by atoms with E-state index in [0.29, 0.717) is 0 Å². The molecule has 2 rings (SSSR count). The predicted octanol–water partition coefficient (Wildman–Crippen LogP) is 3.84. The molecule has 140 valence electrons. The van der Waals surface area contributed by atoms with Crippen LogP contribution in [0.5, 0.6) is 0 Å². The van der Waals surface area contributed by atoms with Crippen LogP contribution in [-0.4, -0.2) is 59.3 Å². The highest BCUT2D eigenvalue weighted by atomic mass is 32.2. The molecule has 25 heavy (non-hydrogen) atoms. The lowest BCUT2D eigenvalue weighted by Crippen LogP contribution is -2.34. The Hall–Kier alpha value is -1.04. The van der Waals surface area contributed by atoms with E-state index in [1.54, 1.807) is 0 Å². The lowest BCUT2D eigenvalue weighted by atomic mass is 10.1. The Morgan fingerprint density at radius 1 is 1.00 bits per heavy atom. The highest BCUT2D eigenvalue weighted by molar-refractivity contribution is 7.99. The second-order valence-corrected chi connectivity index (χ2v) is 8.18. The van der Waals surface area contributed by atoms with Crippen LogP contribution in [-0.2, 0) is 17.2 Å². The summed E-state index contributed by atoms with van der Waals surface area (Å²) in [7, 11) is 1.19. The van der Waals surface area contributed by atoms with E-state index in [0.717, 1.165) is 30.1 Å². The molecule has 0 bridgehead atoms. The molecule has 1 aromatic carbocycles. The van der Waals surface area contributed by atoms with E-state index < -0.39 is 10.8 Å². The van der Waals surface area contributed by atoms with E-state index >= 15 is 0 Å². The van der Waals surface area contributed by atoms with Gasteiger partial charge in [-0.3, -0.25) is 0 Å². The molecule has 1 aliphatic rings. The summed E-state index contributed by atoms with van der Waals surface area (Å²) in [4.78, 5) is 10.1. The van der Waals surface area contributed by atoms with Gasteiger partial charge in [0.25, 0.3) is 0 Å². The van der Waals surface area contributed by atoms with Gasteiger partial charge in [-0.05, 0) is 76.5 Å². The van der Waals surface area contributed by atoms with Gasteiger partial charge in [0, 0.05) is 13.1 Å². The molecule has 1 atom stereocenters. The Labute approximate surface area is 155 Å². The molecule has 0 saturated heterocycles. The SMILES string of the molecule is CCCN(CCC)CCN(C)CCCCc1ccc2c(c1)S(=O)C=N2. The Balaban J connectivity index is 1.64. The fraction of sp³-hybridized carbons (Fsp3) is 0.650. The number of likely N-dealkylation sites (N-methyl/N-ethyl adjacent to an activating group) is 1. The van der Waals surface area contributed by atoms with Crippen LogP contribution in [0.15, 0.2) is 28.1 Å². The van der Waals surface area contributed by atoms with Gasteiger partial charge < -0.3 is 9.80 Å². The molecular weight excluding hydrogens is 330 g/mol. The highest BCUT2D eigenvalue weighted by Crippen LogP contribution is 2.28. The van der Waals surface area contributed by atoms with Crippen molar-refractivity contribution in [3.8, 4) is 0 Å². The molecular formula is C20H33N3OS. The second kappa shape index (κ2) is 10.8. The minimum atomic E-state index is -1.04. The number of benzene rings is 1. The van der Waals surface area contributed by atoms with Crippen molar-refractivity contribution < 1.29 is 4.21 Å². The first-order valence-electron chi connectivity index (χ1n) is 9.62. The van der Waals surface area contributed by atoms with Crippen molar-refractivity contribution in [2.45, 2.75) is 50.8 Å². The molecule has 0 fully saturated rings. The molecule has 0 aromatic heterocycles. The first-order valence-corrected chi connectivity index (χ1v) is 10.8. The Morgan fingerprint density at radius 2 is 1.76 bits per heavy atom. The van der Waals surface area contributed by atoms with E-state index in [4.69, 9.17) is 0 Å². The van der Waals surface area contributed by atoms with Crippen LogP contribution in [0.1, 0.15) is 45.1 Å². The lowest BCUT2D eigenvalue weighted by molar-refractivity contribution is 0.223. The molecule has 1 unspecified atom stereocenters. The molecule has 0 aliphatic carbocycles. The average molecular weight is 364 g/mol. The molecule has 0 amide bonds. The molecule has 0 saturated carbocycles. The smallest absolute Gasteiger partial charge is 0.0984 e. The fourth-order valence-electron chi connectivity index (χ4n) is 3.25. The quantitative estimate of drug-likeness (QED) is 0.529. The topological polar surface area (TPSA) is 35.9 Å². The number of hydrogen-bond donors (Lipinski definition) is 0. The summed E-state index contributed by atoms with van der Waals surface area (Å²) >= 11 is 0. The van der Waals surface area contributed by atoms with E-state index in [1.165, 1.54) is 56.4 Å². The zero-order valence-electron chi connectivity index (χ0n) is 16.0. The van der Waals surface area contributed by atoms with Crippen molar-refractivity contribution in [1.82, 2.24) is 9.80 Å². The molecule has 1 heterocycles. The van der Waals surface area contributed by atoms with Crippen LogP contribution in [0.2, 0.25) is 0 Å². The number of fused-ring (bicyclic) bond motifs is 1. The Kier molecular flexibility index (Phi) is 8.79. The van der Waals surface area contributed by atoms with E-state index in [1.807, 2.05) is 6.07 Å². The van der Waals surface area contributed by atoms with Crippen LogP contribution >= 0.6 is 0 Å². The van der Waals surface area contributed by atoms with Gasteiger partial charge in [0.1, 0.15) is 0 Å². The number of aryl methyl sites for hydroxylation is 1. The fourth-order valence-corrected chi connectivity index (χ4v) is 4.16. The van der Waals surface area contributed by atoms with Crippen LogP contribution in [0.3, 0.4) is 0 Å². The number of rotatable bonds is 12. The summed E-state index contributed by atoms with van der Waals surface area (Å²) in [5.74, 6) is 0. The Morgan fingerprint density at radius 3 is 2.48 bits per heavy atom. The monoisotopic (exact) mass is 363 g/mol. The second-order valence-electron chi connectivity index (χ2n) is 6.94. The van der Waals surface area contributed by atoms with Gasteiger partial charge in [0.15, 0.2) is 0 Å². The maximum Gasteiger partial charge on any atom is 0.0984 e. The van der Waals surface area contributed by atoms with Gasteiger partial charge in [-0.1, -0.05) is 19.9 Å². The largest absolute Gasteiger partial charge is 0.305 e. The third-order valence-corrected chi connectivity index (χ3v) is 5.72. The number of unbranched alkanes of at least 4 members (excludes halogenated alkanes) is 1. The maximum absolute atomic E-state index is 11.8. The average Bonchev–Trinajstić information content (AvgIpc) is 2.98. The summed E-state index contributed by atoms with van der Waals surface area (Å²) in [6.07, 6.45) is 5.90. The third kappa shape index (κ3) is 6.65. The number of hydrogen-bond acceptors (Lipinski definition) is 4. The molecule has 0 spiro atoms. The Bertz CT molecular complexity index is 582. The van der Waals surface area contributed by atoms with Gasteiger partial charge in [-0.15, -0.1) is 0 Å². The summed E-state index contributed by atoms with van der Waals surface area (Å²) in [5.41, 5.74) is 3.67. The molecule has 1 aromatic rings. The molecule has 1 aliphatic heterocycles. The molecule has 0 radical (unpaired) electrons. The van der Waals surface area contributed by atoms with E-state index in [2.05, 4.69) is 47.8 Å². The summed E-state index contributed by atoms with van der Waals surface area (Å²) < 4.78 is 11.8. The van der Waals surface area contributed by atoms with Crippen LogP contribution in [0.4, 0.5) is 5.69 Å². The zero-order chi connectivity index (χ0) is 18.1. The van der Waals surface area contributed by atoms with Gasteiger partial charge in [0.2, 0.25) is 0 Å². The van der Waals surface area contributed by atoms with Gasteiger partial charge >= 0.3 is 0 Å². The molecule has 0 N–H and O–H groups in total. The van der Waals surface area contributed by atoms with Crippen molar-refractivity contribution >= 4 is 22.0 Å². The lowest BCUT2D eigenvalue weighted by Gasteiger charge is -2.24. The van der Waals surface area contributed by atoms with E-state index in [9.17, 15) is 4.21 Å². The number of aliphatic imine (C=N–C) groups is 1. The van der Waals surface area contributed by atoms with Crippen LogP contribution in [0.25, 0.3) is 0 Å². The van der Waals surface area contributed by atoms with E-state index in [-0.39, 0.29) is 0 Å². The van der Waals surface area contributed by atoms with Gasteiger partial charge in [0.05, 0.1) is 26.9 Å². The summed E-state index contributed by atoms with van der Waals surface area (Å²) in [6, 6.07) is 6.18. The minimum Gasteiger partial charge on any atom is -0.305 e. The third-order valence-electron chi connectivity index (χ3n) is 4.66. The first kappa shape index (κ1) is 20.3. The summed E-state index contributed by atoms with van der Waals surface area (Å²) in [5, 5.41) is 0. The molecule has 5 heteroatoms. The maximum atomic E-state index is 11.8. The minimum absolute atomic E-state index is 0.866. The zero-order valence-corrected chi connectivity index (χ0v) is 16.9. The van der Waals surface area contributed by atoms with Crippen molar-refractivity contribution in [2.24, 2.45) is 4.99 Å². The summed E-state index contributed by atoms with van der Waals surface area (Å²) in [6.45, 7) is 10.4. The van der Waals surface area contributed by atoms with Crippen LogP contribution in [0, 0.1) is 0 Å². The van der Waals surface area contributed by atoms with Gasteiger partial charge in [-0.2, -0.15) is 0 Å². The normalized spacial score (nSPS) is 16.1. The van der Waals surface area contributed by atoms with Crippen molar-refractivity contribution in [1.29, 1.82) is 0 Å². The van der Waals surface area contributed by atoms with Crippen molar-refractivity contribution in [3.63, 3.8) is 0 Å². The van der Waals surface area contributed by atoms with Gasteiger partial charge in [-0.25, -0.2) is 9.20 Å². The molecule has 4 nitrogen and oxygen atoms in total. The van der Waals surface area contributed by atoms with Crippen LogP contribution < -0.4 is 0 Å². The standard InChI is InChI=1S/C20H33N3OS/c1-4-11-23(12-5-2)15-14-22(3)13-7-6-8-18-9-10-19-20(16-18)25(24)17-21-19/h9-10,16-17H,4-8,11-15H2,1-3H3. The van der Waals surface area contributed by atoms with Crippen molar-refractivity contribution in [3.05, 3.63) is 23.8 Å². The highest BCUT2D eigenvalue weighted by Gasteiger charge is 2.14.